The fourth-order valence-electron chi connectivity index (χ4n) is 1.13. The van der Waals surface area contributed by atoms with E-state index in [0.717, 1.165) is 16.3 Å². The van der Waals surface area contributed by atoms with Crippen LogP contribution in [0.3, 0.4) is 0 Å². The Kier molecular flexibility index (Phi) is 2.06. The number of aromatic carboxylic acids is 1. The minimum Gasteiger partial charge on any atom is -0.478 e. The lowest BCUT2D eigenvalue weighted by Gasteiger charge is -2.08. The molecule has 0 aliphatic carbocycles. The van der Waals surface area contributed by atoms with E-state index in [-0.39, 0.29) is 0 Å². The number of carboxylic acids is 1. The topological polar surface area (TPSA) is 49.7 Å². The molecule has 0 bridgehead atoms. The molecule has 1 aliphatic heterocycles. The SMILES string of the molecule is O=C(O)c1ccc2c(c1)SCC=N2. The molecule has 0 atom stereocenters. The molecule has 4 heteroatoms. The first-order valence-electron chi connectivity index (χ1n) is 3.80. The van der Waals surface area contributed by atoms with Crippen LogP contribution in [-0.2, 0) is 0 Å². The van der Waals surface area contributed by atoms with E-state index in [1.54, 1.807) is 30.0 Å². The van der Waals surface area contributed by atoms with Gasteiger partial charge in [0.1, 0.15) is 0 Å². The van der Waals surface area contributed by atoms with Crippen molar-refractivity contribution in [3.05, 3.63) is 23.8 Å². The van der Waals surface area contributed by atoms with E-state index in [9.17, 15) is 4.79 Å². The summed E-state index contributed by atoms with van der Waals surface area (Å²) in [6.07, 6.45) is 1.83. The Morgan fingerprint density at radius 3 is 3.15 bits per heavy atom. The normalized spacial score (nSPS) is 13.8. The van der Waals surface area contributed by atoms with Gasteiger partial charge in [-0.2, -0.15) is 0 Å². The van der Waals surface area contributed by atoms with Gasteiger partial charge in [0, 0.05) is 16.9 Å². The van der Waals surface area contributed by atoms with E-state index in [1.165, 1.54) is 0 Å². The van der Waals surface area contributed by atoms with E-state index in [1.807, 2.05) is 6.21 Å². The highest BCUT2D eigenvalue weighted by Crippen LogP contribution is 2.32. The Morgan fingerprint density at radius 2 is 2.38 bits per heavy atom. The zero-order valence-corrected chi connectivity index (χ0v) is 7.54. The van der Waals surface area contributed by atoms with Gasteiger partial charge >= 0.3 is 5.97 Å². The minimum atomic E-state index is -0.891. The third-order valence-electron chi connectivity index (χ3n) is 1.75. The molecule has 13 heavy (non-hydrogen) atoms. The first-order chi connectivity index (χ1) is 6.27. The van der Waals surface area contributed by atoms with Gasteiger partial charge in [0.25, 0.3) is 0 Å². The predicted molar refractivity (Wildman–Crippen MR) is 52.3 cm³/mol. The molecule has 0 unspecified atom stereocenters. The van der Waals surface area contributed by atoms with Gasteiger partial charge in [-0.15, -0.1) is 11.8 Å². The molecule has 1 N–H and O–H groups in total. The van der Waals surface area contributed by atoms with E-state index in [2.05, 4.69) is 4.99 Å². The van der Waals surface area contributed by atoms with Crippen molar-refractivity contribution < 1.29 is 9.90 Å². The van der Waals surface area contributed by atoms with Crippen LogP contribution in [-0.4, -0.2) is 23.0 Å². The van der Waals surface area contributed by atoms with Crippen LogP contribution < -0.4 is 0 Å². The molecule has 2 rings (SSSR count). The summed E-state index contributed by atoms with van der Waals surface area (Å²) in [6.45, 7) is 0. The third kappa shape index (κ3) is 1.58. The van der Waals surface area contributed by atoms with Gasteiger partial charge in [-0.05, 0) is 18.2 Å². The largest absolute Gasteiger partial charge is 0.478 e. The maximum atomic E-state index is 10.6. The van der Waals surface area contributed by atoms with Crippen LogP contribution in [0.25, 0.3) is 0 Å². The summed E-state index contributed by atoms with van der Waals surface area (Å²) < 4.78 is 0. The second-order valence-corrected chi connectivity index (χ2v) is 3.67. The first kappa shape index (κ1) is 8.31. The van der Waals surface area contributed by atoms with Crippen molar-refractivity contribution in [3.8, 4) is 0 Å². The number of fused-ring (bicyclic) bond motifs is 1. The maximum Gasteiger partial charge on any atom is 0.335 e. The summed E-state index contributed by atoms with van der Waals surface area (Å²) in [7, 11) is 0. The average molecular weight is 193 g/mol. The molecule has 0 fully saturated rings. The second kappa shape index (κ2) is 3.22. The second-order valence-electron chi connectivity index (χ2n) is 2.61. The molecule has 1 aromatic rings. The lowest BCUT2D eigenvalue weighted by atomic mass is 10.2. The van der Waals surface area contributed by atoms with Gasteiger partial charge < -0.3 is 5.11 Å². The Balaban J connectivity index is 2.48. The van der Waals surface area contributed by atoms with Crippen LogP contribution in [0.5, 0.6) is 0 Å². The number of benzene rings is 1. The lowest BCUT2D eigenvalue weighted by Crippen LogP contribution is -1.97. The van der Waals surface area contributed by atoms with Crippen molar-refractivity contribution in [3.63, 3.8) is 0 Å². The Morgan fingerprint density at radius 1 is 1.54 bits per heavy atom. The number of hydrogen-bond donors (Lipinski definition) is 1. The Labute approximate surface area is 79.5 Å². The number of aliphatic imine (C=N–C) groups is 1. The molecule has 0 saturated carbocycles. The summed E-state index contributed by atoms with van der Waals surface area (Å²) in [6, 6.07) is 4.98. The van der Waals surface area contributed by atoms with Gasteiger partial charge in [0.05, 0.1) is 11.3 Å². The molecule has 1 aliphatic rings. The van der Waals surface area contributed by atoms with Gasteiger partial charge in [-0.25, -0.2) is 4.79 Å². The van der Waals surface area contributed by atoms with Crippen LogP contribution in [0.1, 0.15) is 10.4 Å². The van der Waals surface area contributed by atoms with Crippen molar-refractivity contribution >= 4 is 29.6 Å². The highest BCUT2D eigenvalue weighted by Gasteiger charge is 2.09. The van der Waals surface area contributed by atoms with E-state index < -0.39 is 5.97 Å². The van der Waals surface area contributed by atoms with E-state index >= 15 is 0 Å². The summed E-state index contributed by atoms with van der Waals surface area (Å²) in [5, 5.41) is 8.74. The summed E-state index contributed by atoms with van der Waals surface area (Å²) in [5.74, 6) is -0.0752. The number of carboxylic acid groups (broad SMARTS) is 1. The summed E-state index contributed by atoms with van der Waals surface area (Å²) in [4.78, 5) is 15.7. The minimum absolute atomic E-state index is 0.323. The van der Waals surface area contributed by atoms with Crippen molar-refractivity contribution in [2.45, 2.75) is 4.90 Å². The van der Waals surface area contributed by atoms with Crippen LogP contribution in [0, 0.1) is 0 Å². The zero-order valence-electron chi connectivity index (χ0n) is 6.73. The highest BCUT2D eigenvalue weighted by molar-refractivity contribution is 8.00. The number of rotatable bonds is 1. The van der Waals surface area contributed by atoms with Gasteiger partial charge in [-0.1, -0.05) is 0 Å². The molecule has 66 valence electrons. The van der Waals surface area contributed by atoms with Gasteiger partial charge in [0.2, 0.25) is 0 Å². The maximum absolute atomic E-state index is 10.6. The number of hydrogen-bond acceptors (Lipinski definition) is 3. The highest BCUT2D eigenvalue weighted by atomic mass is 32.2. The van der Waals surface area contributed by atoms with Crippen molar-refractivity contribution in [2.75, 3.05) is 5.75 Å². The van der Waals surface area contributed by atoms with Crippen molar-refractivity contribution in [1.82, 2.24) is 0 Å². The van der Waals surface area contributed by atoms with Crippen molar-refractivity contribution in [1.29, 1.82) is 0 Å². The van der Waals surface area contributed by atoms with Gasteiger partial charge in [0.15, 0.2) is 0 Å². The predicted octanol–water partition coefficient (Wildman–Crippen LogP) is 2.19. The first-order valence-corrected chi connectivity index (χ1v) is 4.78. The lowest BCUT2D eigenvalue weighted by molar-refractivity contribution is 0.0696. The number of thioether (sulfide) groups is 1. The van der Waals surface area contributed by atoms with E-state index in [0.29, 0.717) is 5.56 Å². The Hall–Kier alpha value is -1.29. The monoisotopic (exact) mass is 193 g/mol. The van der Waals surface area contributed by atoms with E-state index in [4.69, 9.17) is 5.11 Å². The average Bonchev–Trinajstić information content (AvgIpc) is 2.17. The molecular weight excluding hydrogens is 186 g/mol. The molecule has 0 aromatic heterocycles. The van der Waals surface area contributed by atoms with Crippen molar-refractivity contribution in [2.24, 2.45) is 4.99 Å². The standard InChI is InChI=1S/C9H7NO2S/c11-9(12)6-1-2-7-8(5-6)13-4-3-10-7/h1-3,5H,4H2,(H,11,12). The van der Waals surface area contributed by atoms with Crippen LogP contribution in [0.4, 0.5) is 5.69 Å². The zero-order chi connectivity index (χ0) is 9.26. The third-order valence-corrected chi connectivity index (χ3v) is 2.70. The molecule has 0 amide bonds. The molecule has 1 aromatic carbocycles. The smallest absolute Gasteiger partial charge is 0.335 e. The Bertz CT molecular complexity index is 387. The summed E-state index contributed by atoms with van der Waals surface area (Å²) in [5.41, 5.74) is 1.18. The van der Waals surface area contributed by atoms with Crippen LogP contribution in [0.15, 0.2) is 28.1 Å². The fourth-order valence-corrected chi connectivity index (χ4v) is 1.94. The summed E-state index contributed by atoms with van der Waals surface area (Å²) >= 11 is 1.61. The van der Waals surface area contributed by atoms with Crippen LogP contribution >= 0.6 is 11.8 Å². The number of nitrogens with zero attached hydrogens (tertiary/aromatic N) is 1. The number of carbonyl (C=O) groups is 1. The molecule has 1 heterocycles. The van der Waals surface area contributed by atoms with Crippen LogP contribution in [0.2, 0.25) is 0 Å². The molecule has 0 saturated heterocycles. The van der Waals surface area contributed by atoms with Gasteiger partial charge in [-0.3, -0.25) is 4.99 Å². The molecule has 3 nitrogen and oxygen atoms in total. The molecule has 0 spiro atoms. The molecular formula is C9H7NO2S. The quantitative estimate of drug-likeness (QED) is 0.743. The fraction of sp³-hybridized carbons (Fsp3) is 0.111. The molecule has 0 radical (unpaired) electrons.